The van der Waals surface area contributed by atoms with E-state index < -0.39 is 0 Å². The van der Waals surface area contributed by atoms with Crippen molar-refractivity contribution in [1.29, 1.82) is 0 Å². The summed E-state index contributed by atoms with van der Waals surface area (Å²) >= 11 is 2.03. The van der Waals surface area contributed by atoms with Crippen molar-refractivity contribution in [2.75, 3.05) is 5.75 Å². The molecular weight excluding hydrogens is 264 g/mol. The molecule has 0 spiro atoms. The van der Waals surface area contributed by atoms with Crippen molar-refractivity contribution in [3.05, 3.63) is 28.8 Å². The highest BCUT2D eigenvalue weighted by Crippen LogP contribution is 2.48. The second kappa shape index (κ2) is 4.69. The third-order valence-corrected chi connectivity index (χ3v) is 5.42. The number of hydrogen-bond donors (Lipinski definition) is 1. The summed E-state index contributed by atoms with van der Waals surface area (Å²) in [5, 5.41) is 10.7. The maximum Gasteiger partial charge on any atom is 0.123 e. The summed E-state index contributed by atoms with van der Waals surface area (Å²) in [4.78, 5) is 0. The number of hydrogen-bond acceptors (Lipinski definition) is 2. The molecule has 1 unspecified atom stereocenters. The van der Waals surface area contributed by atoms with E-state index in [0.717, 1.165) is 17.5 Å². The van der Waals surface area contributed by atoms with Gasteiger partial charge in [0.25, 0.3) is 0 Å². The molecule has 1 aromatic carbocycles. The SMILES string of the molecule is CC1(Cc2cc(C(C)(C)C)c(O)c(C(C)(C)C)c2)CS1. The van der Waals surface area contributed by atoms with Crippen molar-refractivity contribution < 1.29 is 5.11 Å². The predicted octanol–water partition coefficient (Wildman–Crippen LogP) is 5.04. The average molecular weight is 292 g/mol. The fourth-order valence-electron chi connectivity index (χ4n) is 2.60. The minimum Gasteiger partial charge on any atom is -0.507 e. The molecule has 2 heteroatoms. The lowest BCUT2D eigenvalue weighted by molar-refractivity contribution is 0.422. The molecule has 1 N–H and O–H groups in total. The number of phenols is 1. The van der Waals surface area contributed by atoms with Crippen LogP contribution in [0.4, 0.5) is 0 Å². The van der Waals surface area contributed by atoms with Crippen molar-refractivity contribution in [3.8, 4) is 5.75 Å². The summed E-state index contributed by atoms with van der Waals surface area (Å²) in [5.74, 6) is 1.74. The van der Waals surface area contributed by atoms with Gasteiger partial charge in [0.15, 0.2) is 0 Å². The second-order valence-electron chi connectivity index (χ2n) is 8.45. The van der Waals surface area contributed by atoms with Gasteiger partial charge in [0.05, 0.1) is 0 Å². The lowest BCUT2D eigenvalue weighted by atomic mass is 9.77. The van der Waals surface area contributed by atoms with Gasteiger partial charge in [-0.3, -0.25) is 0 Å². The van der Waals surface area contributed by atoms with Gasteiger partial charge in [0.1, 0.15) is 5.75 Å². The minimum absolute atomic E-state index is 0.0301. The van der Waals surface area contributed by atoms with Crippen LogP contribution < -0.4 is 0 Å². The molecule has 0 amide bonds. The highest BCUT2D eigenvalue weighted by Gasteiger charge is 2.39. The van der Waals surface area contributed by atoms with Crippen LogP contribution in [0.15, 0.2) is 12.1 Å². The smallest absolute Gasteiger partial charge is 0.123 e. The molecule has 1 aromatic rings. The first kappa shape index (κ1) is 15.8. The van der Waals surface area contributed by atoms with Gasteiger partial charge in [-0.15, -0.1) is 0 Å². The first-order valence-electron chi connectivity index (χ1n) is 7.43. The van der Waals surface area contributed by atoms with Gasteiger partial charge in [-0.2, -0.15) is 11.8 Å². The zero-order valence-electron chi connectivity index (χ0n) is 13.9. The van der Waals surface area contributed by atoms with E-state index in [1.165, 1.54) is 11.3 Å². The Kier molecular flexibility index (Phi) is 3.70. The Labute approximate surface area is 128 Å². The molecule has 0 radical (unpaired) electrons. The molecular formula is C18H28OS. The van der Waals surface area contributed by atoms with Crippen LogP contribution in [-0.4, -0.2) is 15.6 Å². The molecule has 1 aliphatic rings. The number of phenolic OH excluding ortho intramolecular Hbond substituents is 1. The monoisotopic (exact) mass is 292 g/mol. The Hall–Kier alpha value is -0.630. The van der Waals surface area contributed by atoms with Gasteiger partial charge in [-0.05, 0) is 40.9 Å². The van der Waals surface area contributed by atoms with Crippen molar-refractivity contribution in [2.45, 2.75) is 70.5 Å². The Morgan fingerprint density at radius 3 is 1.75 bits per heavy atom. The zero-order chi connectivity index (χ0) is 15.3. The van der Waals surface area contributed by atoms with E-state index in [1.807, 2.05) is 11.8 Å². The molecule has 1 nitrogen and oxygen atoms in total. The average Bonchev–Trinajstić information content (AvgIpc) is 2.95. The predicted molar refractivity (Wildman–Crippen MR) is 90.1 cm³/mol. The Morgan fingerprint density at radius 2 is 1.45 bits per heavy atom. The summed E-state index contributed by atoms with van der Waals surface area (Å²) in [6.07, 6.45) is 1.10. The van der Waals surface area contributed by atoms with E-state index in [2.05, 4.69) is 60.6 Å². The molecule has 0 aromatic heterocycles. The Balaban J connectivity index is 2.54. The Bertz CT molecular complexity index is 478. The standard InChI is InChI=1S/C18H28OS/c1-16(2,3)13-8-12(10-18(7)11-20-18)9-14(15(13)19)17(4,5)6/h8-9,19H,10-11H2,1-7H3. The summed E-state index contributed by atoms with van der Waals surface area (Å²) in [5.41, 5.74) is 3.46. The molecule has 1 saturated heterocycles. The van der Waals surface area contributed by atoms with Crippen molar-refractivity contribution in [2.24, 2.45) is 0 Å². The van der Waals surface area contributed by atoms with Gasteiger partial charge in [0.2, 0.25) is 0 Å². The van der Waals surface area contributed by atoms with E-state index in [9.17, 15) is 5.11 Å². The van der Waals surface area contributed by atoms with E-state index >= 15 is 0 Å². The third-order valence-electron chi connectivity index (χ3n) is 4.00. The van der Waals surface area contributed by atoms with Crippen LogP contribution in [0.25, 0.3) is 0 Å². The van der Waals surface area contributed by atoms with Crippen LogP contribution in [0, 0.1) is 0 Å². The van der Waals surface area contributed by atoms with E-state index in [-0.39, 0.29) is 10.8 Å². The van der Waals surface area contributed by atoms with E-state index in [4.69, 9.17) is 0 Å². The fourth-order valence-corrected chi connectivity index (χ4v) is 3.21. The number of benzene rings is 1. The second-order valence-corrected chi connectivity index (χ2v) is 10.0. The maximum atomic E-state index is 10.7. The third kappa shape index (κ3) is 3.33. The van der Waals surface area contributed by atoms with Gasteiger partial charge >= 0.3 is 0 Å². The fraction of sp³-hybridized carbons (Fsp3) is 0.667. The molecule has 2 rings (SSSR count). The quantitative estimate of drug-likeness (QED) is 0.771. The first-order valence-corrected chi connectivity index (χ1v) is 8.42. The van der Waals surface area contributed by atoms with Crippen LogP contribution in [-0.2, 0) is 17.3 Å². The van der Waals surface area contributed by atoms with Crippen LogP contribution >= 0.6 is 11.8 Å². The van der Waals surface area contributed by atoms with Crippen molar-refractivity contribution in [1.82, 2.24) is 0 Å². The van der Waals surface area contributed by atoms with Crippen molar-refractivity contribution >= 4 is 11.8 Å². The van der Waals surface area contributed by atoms with Crippen LogP contribution in [0.1, 0.15) is 65.2 Å². The van der Waals surface area contributed by atoms with Gasteiger partial charge in [0, 0.05) is 10.5 Å². The molecule has 0 aliphatic carbocycles. The molecule has 1 atom stereocenters. The lowest BCUT2D eigenvalue weighted by Crippen LogP contribution is -2.19. The van der Waals surface area contributed by atoms with Crippen molar-refractivity contribution in [3.63, 3.8) is 0 Å². The van der Waals surface area contributed by atoms with Gasteiger partial charge in [-0.1, -0.05) is 53.7 Å². The van der Waals surface area contributed by atoms with Crippen LogP contribution in [0.2, 0.25) is 0 Å². The van der Waals surface area contributed by atoms with Gasteiger partial charge < -0.3 is 5.11 Å². The minimum atomic E-state index is -0.0301. The first-order chi connectivity index (χ1) is 8.92. The van der Waals surface area contributed by atoms with Crippen LogP contribution in [0.5, 0.6) is 5.75 Å². The molecule has 1 aliphatic heterocycles. The highest BCUT2D eigenvalue weighted by molar-refractivity contribution is 8.07. The summed E-state index contributed by atoms with van der Waals surface area (Å²) < 4.78 is 0.418. The molecule has 1 heterocycles. The highest BCUT2D eigenvalue weighted by atomic mass is 32.2. The van der Waals surface area contributed by atoms with E-state index in [1.54, 1.807) is 0 Å². The largest absolute Gasteiger partial charge is 0.507 e. The van der Waals surface area contributed by atoms with Crippen LogP contribution in [0.3, 0.4) is 0 Å². The topological polar surface area (TPSA) is 20.2 Å². The number of aromatic hydroxyl groups is 1. The summed E-state index contributed by atoms with van der Waals surface area (Å²) in [7, 11) is 0. The summed E-state index contributed by atoms with van der Waals surface area (Å²) in [6, 6.07) is 4.43. The number of rotatable bonds is 2. The molecule has 112 valence electrons. The maximum absolute atomic E-state index is 10.7. The zero-order valence-corrected chi connectivity index (χ0v) is 14.7. The Morgan fingerprint density at radius 1 is 1.05 bits per heavy atom. The molecule has 0 bridgehead atoms. The molecule has 0 saturated carbocycles. The van der Waals surface area contributed by atoms with E-state index in [0.29, 0.717) is 10.5 Å². The molecule has 1 fully saturated rings. The normalized spacial score (nSPS) is 22.9. The number of thioether (sulfide) groups is 1. The lowest BCUT2D eigenvalue weighted by Gasteiger charge is -2.28. The molecule has 20 heavy (non-hydrogen) atoms. The van der Waals surface area contributed by atoms with Gasteiger partial charge in [-0.25, -0.2) is 0 Å². The summed E-state index contributed by atoms with van der Waals surface area (Å²) in [6.45, 7) is 15.4.